The van der Waals surface area contributed by atoms with Crippen LogP contribution in [-0.4, -0.2) is 4.57 Å². The average molecular weight is 757 g/mol. The van der Waals surface area contributed by atoms with Crippen LogP contribution in [0.2, 0.25) is 0 Å². The Bertz CT molecular complexity index is 3780. The maximum Gasteiger partial charge on any atom is 0.135 e. The van der Waals surface area contributed by atoms with E-state index in [4.69, 9.17) is 4.42 Å². The molecule has 0 aliphatic carbocycles. The van der Waals surface area contributed by atoms with E-state index in [-0.39, 0.29) is 0 Å². The highest BCUT2D eigenvalue weighted by Gasteiger charge is 2.26. The molecule has 0 saturated carbocycles. The number of para-hydroxylation sites is 3. The van der Waals surface area contributed by atoms with Crippen LogP contribution in [0.4, 0.5) is 17.1 Å². The zero-order valence-electron chi connectivity index (χ0n) is 31.2. The first-order valence-electron chi connectivity index (χ1n) is 19.8. The van der Waals surface area contributed by atoms with Gasteiger partial charge < -0.3 is 13.9 Å². The predicted octanol–water partition coefficient (Wildman–Crippen LogP) is 16.0. The summed E-state index contributed by atoms with van der Waals surface area (Å²) in [6.07, 6.45) is 0. The molecule has 0 aliphatic heterocycles. The summed E-state index contributed by atoms with van der Waals surface area (Å²) >= 11 is 1.85. The van der Waals surface area contributed by atoms with Crippen LogP contribution in [0.1, 0.15) is 0 Å². The van der Waals surface area contributed by atoms with Crippen molar-refractivity contribution in [3.63, 3.8) is 0 Å². The van der Waals surface area contributed by atoms with Gasteiger partial charge in [-0.2, -0.15) is 0 Å². The number of anilines is 3. The Hall–Kier alpha value is -7.40. The number of nitrogens with zero attached hydrogens (tertiary/aromatic N) is 2. The molecular weight excluding hydrogens is 725 g/mol. The van der Waals surface area contributed by atoms with Crippen molar-refractivity contribution in [1.82, 2.24) is 4.57 Å². The number of benzene rings is 10. The number of fused-ring (bicyclic) bond motifs is 15. The van der Waals surface area contributed by atoms with Gasteiger partial charge in [0.2, 0.25) is 0 Å². The molecule has 4 heteroatoms. The number of rotatable bonds is 4. The molecule has 270 valence electrons. The molecule has 3 aromatic heterocycles. The first kappa shape index (κ1) is 31.8. The molecular formula is C54H32N2OS. The molecule has 13 rings (SSSR count). The van der Waals surface area contributed by atoms with Crippen LogP contribution < -0.4 is 4.90 Å². The van der Waals surface area contributed by atoms with E-state index in [1.54, 1.807) is 0 Å². The van der Waals surface area contributed by atoms with E-state index in [1.807, 2.05) is 17.4 Å². The van der Waals surface area contributed by atoms with Gasteiger partial charge in [-0.05, 0) is 99.0 Å². The van der Waals surface area contributed by atoms with E-state index in [1.165, 1.54) is 74.3 Å². The summed E-state index contributed by atoms with van der Waals surface area (Å²) in [5, 5.41) is 14.6. The summed E-state index contributed by atoms with van der Waals surface area (Å²) in [6.45, 7) is 0. The minimum absolute atomic E-state index is 0.877. The van der Waals surface area contributed by atoms with Crippen molar-refractivity contribution >= 4 is 125 Å². The quantitative estimate of drug-likeness (QED) is 0.167. The van der Waals surface area contributed by atoms with Crippen molar-refractivity contribution in [3.05, 3.63) is 194 Å². The Kier molecular flexibility index (Phi) is 6.60. The summed E-state index contributed by atoms with van der Waals surface area (Å²) in [5.41, 5.74) is 8.51. The SMILES string of the molecule is c1ccc2c(c1)oc1ccc(N(c3cc4c5ccccc5c5ccccc5c4cc3-n3c4ccccc4c4ccccc43)c3cccc4sc5ccccc5c34)cc12. The van der Waals surface area contributed by atoms with Crippen LogP contribution in [0, 0.1) is 0 Å². The zero-order valence-corrected chi connectivity index (χ0v) is 32.0. The Morgan fingerprint density at radius 1 is 0.362 bits per heavy atom. The van der Waals surface area contributed by atoms with Crippen molar-refractivity contribution < 1.29 is 4.42 Å². The highest BCUT2D eigenvalue weighted by Crippen LogP contribution is 2.50. The fourth-order valence-electron chi connectivity index (χ4n) is 9.67. The second kappa shape index (κ2) is 12.1. The van der Waals surface area contributed by atoms with Gasteiger partial charge in [0, 0.05) is 47.4 Å². The van der Waals surface area contributed by atoms with Gasteiger partial charge in [-0.15, -0.1) is 11.3 Å². The van der Waals surface area contributed by atoms with E-state index in [0.29, 0.717) is 0 Å². The third-order valence-corrected chi connectivity index (χ3v) is 13.3. The molecule has 0 amide bonds. The number of thiophene rings is 1. The lowest BCUT2D eigenvalue weighted by atomic mass is 9.93. The first-order chi connectivity index (χ1) is 28.8. The summed E-state index contributed by atoms with van der Waals surface area (Å²) in [6, 6.07) is 71.1. The topological polar surface area (TPSA) is 21.3 Å². The van der Waals surface area contributed by atoms with E-state index in [9.17, 15) is 0 Å². The summed E-state index contributed by atoms with van der Waals surface area (Å²) in [7, 11) is 0. The van der Waals surface area contributed by atoms with Gasteiger partial charge in [-0.25, -0.2) is 0 Å². The second-order valence-corrected chi connectivity index (χ2v) is 16.3. The Morgan fingerprint density at radius 2 is 0.897 bits per heavy atom. The highest BCUT2D eigenvalue weighted by atomic mass is 32.1. The molecule has 0 fully saturated rings. The summed E-state index contributed by atoms with van der Waals surface area (Å²) in [5.74, 6) is 0. The molecule has 0 saturated heterocycles. The largest absolute Gasteiger partial charge is 0.456 e. The lowest BCUT2D eigenvalue weighted by Crippen LogP contribution is -2.14. The summed E-state index contributed by atoms with van der Waals surface area (Å²) in [4.78, 5) is 2.52. The molecule has 10 aromatic carbocycles. The fraction of sp³-hybridized carbons (Fsp3) is 0. The second-order valence-electron chi connectivity index (χ2n) is 15.2. The van der Waals surface area contributed by atoms with Crippen LogP contribution >= 0.6 is 11.3 Å². The molecule has 0 aliphatic rings. The molecule has 13 aromatic rings. The molecule has 0 N–H and O–H groups in total. The molecule has 0 unspecified atom stereocenters. The number of furan rings is 1. The predicted molar refractivity (Wildman–Crippen MR) is 248 cm³/mol. The van der Waals surface area contributed by atoms with E-state index in [2.05, 4.69) is 198 Å². The molecule has 0 spiro atoms. The fourth-order valence-corrected chi connectivity index (χ4v) is 10.8. The zero-order chi connectivity index (χ0) is 37.9. The number of hydrogen-bond acceptors (Lipinski definition) is 3. The van der Waals surface area contributed by atoms with Gasteiger partial charge in [-0.1, -0.05) is 127 Å². The van der Waals surface area contributed by atoms with Gasteiger partial charge in [0.25, 0.3) is 0 Å². The number of aromatic nitrogens is 1. The minimum Gasteiger partial charge on any atom is -0.456 e. The smallest absolute Gasteiger partial charge is 0.135 e. The van der Waals surface area contributed by atoms with Crippen LogP contribution in [0.5, 0.6) is 0 Å². The third-order valence-electron chi connectivity index (χ3n) is 12.1. The van der Waals surface area contributed by atoms with E-state index < -0.39 is 0 Å². The van der Waals surface area contributed by atoms with Crippen molar-refractivity contribution in [2.75, 3.05) is 4.90 Å². The maximum atomic E-state index is 6.42. The van der Waals surface area contributed by atoms with Gasteiger partial charge in [0.05, 0.1) is 28.1 Å². The van der Waals surface area contributed by atoms with Gasteiger partial charge in [-0.3, -0.25) is 0 Å². The number of hydrogen-bond donors (Lipinski definition) is 0. The molecule has 0 bridgehead atoms. The van der Waals surface area contributed by atoms with E-state index >= 15 is 0 Å². The highest BCUT2D eigenvalue weighted by molar-refractivity contribution is 7.26. The maximum absolute atomic E-state index is 6.42. The Morgan fingerprint density at radius 3 is 1.60 bits per heavy atom. The first-order valence-corrected chi connectivity index (χ1v) is 20.6. The lowest BCUT2D eigenvalue weighted by Gasteiger charge is -2.30. The summed E-state index contributed by atoms with van der Waals surface area (Å²) < 4.78 is 11.4. The average Bonchev–Trinajstić information content (AvgIpc) is 3.96. The van der Waals surface area contributed by atoms with Crippen LogP contribution in [0.3, 0.4) is 0 Å². The van der Waals surface area contributed by atoms with Gasteiger partial charge in [0.15, 0.2) is 0 Å². The van der Waals surface area contributed by atoms with Crippen molar-refractivity contribution in [1.29, 1.82) is 0 Å². The molecule has 0 atom stereocenters. The van der Waals surface area contributed by atoms with E-state index in [0.717, 1.165) is 44.7 Å². The van der Waals surface area contributed by atoms with Gasteiger partial charge >= 0.3 is 0 Å². The van der Waals surface area contributed by atoms with Gasteiger partial charge in [0.1, 0.15) is 11.2 Å². The Balaban J connectivity index is 1.25. The Labute approximate surface area is 336 Å². The van der Waals surface area contributed by atoms with Crippen molar-refractivity contribution in [3.8, 4) is 5.69 Å². The molecule has 0 radical (unpaired) electrons. The normalized spacial score (nSPS) is 12.1. The van der Waals surface area contributed by atoms with Crippen molar-refractivity contribution in [2.45, 2.75) is 0 Å². The molecule has 58 heavy (non-hydrogen) atoms. The minimum atomic E-state index is 0.877. The third kappa shape index (κ3) is 4.43. The molecule has 3 nitrogen and oxygen atoms in total. The van der Waals surface area contributed by atoms with Crippen LogP contribution in [-0.2, 0) is 0 Å². The standard InChI is InChI=1S/C54H32N2OS/c1-3-16-36-34(14-1)35-15-2-4-17-37(35)43-32-49(56-45-22-9-5-18-38(45)39-19-6-10-23-46(39)56)48(31-42(36)43)55(33-28-29-51-44(30-33)40-20-7-11-25-50(40)57-51)47-24-13-27-53-54(47)41-21-8-12-26-52(41)58-53/h1-32H. The molecule has 3 heterocycles. The lowest BCUT2D eigenvalue weighted by molar-refractivity contribution is 0.669. The monoisotopic (exact) mass is 756 g/mol. The van der Waals surface area contributed by atoms with Crippen molar-refractivity contribution in [2.24, 2.45) is 0 Å². The van der Waals surface area contributed by atoms with Crippen LogP contribution in [0.25, 0.3) is 102 Å². The van der Waals surface area contributed by atoms with Crippen LogP contribution in [0.15, 0.2) is 199 Å².